The topological polar surface area (TPSA) is 164 Å². The highest BCUT2D eigenvalue weighted by molar-refractivity contribution is 6.39. The van der Waals surface area contributed by atoms with Crippen molar-refractivity contribution in [3.63, 3.8) is 0 Å². The lowest BCUT2D eigenvalue weighted by atomic mass is 9.78. The Morgan fingerprint density at radius 2 is 1.71 bits per heavy atom. The number of hydrogen-bond acceptors (Lipinski definition) is 5. The van der Waals surface area contributed by atoms with Gasteiger partial charge in [-0.15, -0.1) is 0 Å². The number of aromatic carboxylic acids is 1. The minimum absolute atomic E-state index is 0.0354. The molecule has 0 radical (unpaired) electrons. The number of carboxylic acid groups (broad SMARTS) is 2. The molecule has 0 saturated carbocycles. The number of fused-ring (bicyclic) bond motifs is 1. The predicted octanol–water partition coefficient (Wildman–Crippen LogP) is 1.76. The summed E-state index contributed by atoms with van der Waals surface area (Å²) in [4.78, 5) is 48.4. The van der Waals surface area contributed by atoms with Gasteiger partial charge in [0, 0.05) is 0 Å². The average molecular weight is 425 g/mol. The van der Waals surface area contributed by atoms with Crippen LogP contribution in [-0.4, -0.2) is 40.0 Å². The molecule has 3 rings (SSSR count). The minimum Gasteiger partial charge on any atom is -0.478 e. The number of hydrogen-bond donors (Lipinski definition) is 4. The Kier molecular flexibility index (Phi) is 6.36. The fourth-order valence-electron chi connectivity index (χ4n) is 4.10. The molecule has 162 valence electrons. The molecular formula is C22H23N3O6. The number of benzene rings is 2. The second-order valence-electron chi connectivity index (χ2n) is 7.45. The lowest BCUT2D eigenvalue weighted by Crippen LogP contribution is -2.38. The van der Waals surface area contributed by atoms with Gasteiger partial charge in [-0.3, -0.25) is 14.5 Å². The molecule has 0 heterocycles. The smallest absolute Gasteiger partial charge is 0.395 e. The second kappa shape index (κ2) is 8.97. The fraction of sp³-hybridized carbons (Fsp3) is 0.273. The van der Waals surface area contributed by atoms with Gasteiger partial charge in [0.2, 0.25) is 5.91 Å². The van der Waals surface area contributed by atoms with Crippen molar-refractivity contribution >= 4 is 35.1 Å². The molecule has 0 bridgehead atoms. The van der Waals surface area contributed by atoms with Crippen LogP contribution in [0, 0.1) is 0 Å². The van der Waals surface area contributed by atoms with Crippen LogP contribution in [0.25, 0.3) is 0 Å². The quantitative estimate of drug-likeness (QED) is 0.512. The number of primary amides is 1. The van der Waals surface area contributed by atoms with Gasteiger partial charge in [-0.05, 0) is 60.9 Å². The monoisotopic (exact) mass is 425 g/mol. The zero-order chi connectivity index (χ0) is 22.7. The minimum atomic E-state index is -1.71. The molecule has 2 aromatic rings. The van der Waals surface area contributed by atoms with Gasteiger partial charge in [0.1, 0.15) is 0 Å². The third-order valence-electron chi connectivity index (χ3n) is 5.51. The second-order valence-corrected chi connectivity index (χ2v) is 7.45. The molecule has 0 aliphatic heterocycles. The average Bonchev–Trinajstić information content (AvgIpc) is 2.74. The van der Waals surface area contributed by atoms with Crippen LogP contribution in [-0.2, 0) is 20.8 Å². The van der Waals surface area contributed by atoms with Crippen molar-refractivity contribution < 1.29 is 29.4 Å². The van der Waals surface area contributed by atoms with E-state index in [9.17, 15) is 29.4 Å². The van der Waals surface area contributed by atoms with Crippen molar-refractivity contribution in [2.45, 2.75) is 37.6 Å². The van der Waals surface area contributed by atoms with Gasteiger partial charge < -0.3 is 21.7 Å². The summed E-state index contributed by atoms with van der Waals surface area (Å²) in [6.45, 7) is 0. The van der Waals surface area contributed by atoms with Crippen LogP contribution < -0.4 is 16.4 Å². The van der Waals surface area contributed by atoms with E-state index in [4.69, 9.17) is 11.5 Å². The number of carboxylic acids is 2. The molecule has 0 spiro atoms. The first-order valence-electron chi connectivity index (χ1n) is 9.78. The van der Waals surface area contributed by atoms with Crippen LogP contribution in [0.3, 0.4) is 0 Å². The van der Waals surface area contributed by atoms with E-state index in [0.717, 1.165) is 28.9 Å². The Morgan fingerprint density at radius 3 is 2.35 bits per heavy atom. The summed E-state index contributed by atoms with van der Waals surface area (Å²) in [5, 5.41) is 19.0. The van der Waals surface area contributed by atoms with Gasteiger partial charge in [0.15, 0.2) is 0 Å². The fourth-order valence-corrected chi connectivity index (χ4v) is 4.10. The van der Waals surface area contributed by atoms with E-state index in [1.807, 2.05) is 6.07 Å². The normalized spacial score (nSPS) is 16.1. The molecule has 31 heavy (non-hydrogen) atoms. The van der Waals surface area contributed by atoms with Crippen molar-refractivity contribution in [3.8, 4) is 0 Å². The van der Waals surface area contributed by atoms with Crippen LogP contribution in [0.4, 0.5) is 11.4 Å². The van der Waals surface area contributed by atoms with Crippen molar-refractivity contribution in [3.05, 3.63) is 59.2 Å². The predicted molar refractivity (Wildman–Crippen MR) is 112 cm³/mol. The number of rotatable bonds is 6. The van der Waals surface area contributed by atoms with E-state index in [2.05, 4.69) is 0 Å². The SMILES string of the molecule is NC(=O)C(N)CC1CCCc2c1cccc2N(C(=O)C(=O)O)c1ccccc1C(=O)O. The molecule has 0 aromatic heterocycles. The number of para-hydroxylation sites is 1. The van der Waals surface area contributed by atoms with Gasteiger partial charge in [-0.25, -0.2) is 9.59 Å². The molecule has 6 N–H and O–H groups in total. The Bertz CT molecular complexity index is 1050. The van der Waals surface area contributed by atoms with Crippen molar-refractivity contribution in [2.24, 2.45) is 11.5 Å². The van der Waals surface area contributed by atoms with Crippen LogP contribution in [0.5, 0.6) is 0 Å². The highest BCUT2D eigenvalue weighted by atomic mass is 16.4. The zero-order valence-electron chi connectivity index (χ0n) is 16.7. The van der Waals surface area contributed by atoms with Gasteiger partial charge in [-0.1, -0.05) is 24.3 Å². The van der Waals surface area contributed by atoms with Crippen molar-refractivity contribution in [1.82, 2.24) is 0 Å². The van der Waals surface area contributed by atoms with Crippen LogP contribution in [0.2, 0.25) is 0 Å². The maximum Gasteiger partial charge on any atom is 0.395 e. The molecule has 2 aromatic carbocycles. The summed E-state index contributed by atoms with van der Waals surface area (Å²) < 4.78 is 0. The number of carbonyl (C=O) groups is 4. The Morgan fingerprint density at radius 1 is 1.03 bits per heavy atom. The van der Waals surface area contributed by atoms with Gasteiger partial charge >= 0.3 is 17.8 Å². The third kappa shape index (κ3) is 4.41. The van der Waals surface area contributed by atoms with E-state index in [0.29, 0.717) is 18.5 Å². The molecule has 1 aliphatic rings. The maximum absolute atomic E-state index is 12.7. The Balaban J connectivity index is 2.16. The highest BCUT2D eigenvalue weighted by Crippen LogP contribution is 2.41. The first-order valence-corrected chi connectivity index (χ1v) is 9.78. The van der Waals surface area contributed by atoms with E-state index in [1.165, 1.54) is 24.3 Å². The van der Waals surface area contributed by atoms with Gasteiger partial charge in [0.25, 0.3) is 0 Å². The summed E-state index contributed by atoms with van der Waals surface area (Å²) in [6, 6.07) is 10.0. The molecule has 9 nitrogen and oxygen atoms in total. The number of amides is 2. The van der Waals surface area contributed by atoms with E-state index < -0.39 is 29.8 Å². The van der Waals surface area contributed by atoms with Crippen LogP contribution in [0.1, 0.15) is 46.7 Å². The van der Waals surface area contributed by atoms with E-state index in [-0.39, 0.29) is 17.2 Å². The lowest BCUT2D eigenvalue weighted by molar-refractivity contribution is -0.148. The summed E-state index contributed by atoms with van der Waals surface area (Å²) >= 11 is 0. The van der Waals surface area contributed by atoms with E-state index in [1.54, 1.807) is 12.1 Å². The van der Waals surface area contributed by atoms with Gasteiger partial charge in [-0.2, -0.15) is 0 Å². The first-order chi connectivity index (χ1) is 14.7. The molecule has 2 unspecified atom stereocenters. The number of aliphatic carboxylic acids is 1. The number of anilines is 2. The molecule has 1 aliphatic carbocycles. The molecule has 0 saturated heterocycles. The van der Waals surface area contributed by atoms with Crippen LogP contribution >= 0.6 is 0 Å². The molecule has 2 atom stereocenters. The Labute approximate surface area is 178 Å². The Hall–Kier alpha value is -3.72. The highest BCUT2D eigenvalue weighted by Gasteiger charge is 2.32. The van der Waals surface area contributed by atoms with Crippen molar-refractivity contribution in [1.29, 1.82) is 0 Å². The number of nitrogens with zero attached hydrogens (tertiary/aromatic N) is 1. The number of nitrogens with two attached hydrogens (primary N) is 2. The summed E-state index contributed by atoms with van der Waals surface area (Å²) in [6.07, 6.45) is 2.38. The summed E-state index contributed by atoms with van der Waals surface area (Å²) in [5.74, 6) is -4.96. The molecule has 9 heteroatoms. The molecule has 2 amide bonds. The molecular weight excluding hydrogens is 402 g/mol. The van der Waals surface area contributed by atoms with Crippen molar-refractivity contribution in [2.75, 3.05) is 4.90 Å². The summed E-state index contributed by atoms with van der Waals surface area (Å²) in [5.41, 5.74) is 12.8. The first kappa shape index (κ1) is 22.0. The molecule has 0 fully saturated rings. The third-order valence-corrected chi connectivity index (χ3v) is 5.51. The van der Waals surface area contributed by atoms with Crippen LogP contribution in [0.15, 0.2) is 42.5 Å². The number of carbonyl (C=O) groups excluding carboxylic acids is 2. The largest absolute Gasteiger partial charge is 0.478 e. The van der Waals surface area contributed by atoms with E-state index >= 15 is 0 Å². The lowest BCUT2D eigenvalue weighted by Gasteiger charge is -2.32. The van der Waals surface area contributed by atoms with Gasteiger partial charge in [0.05, 0.1) is 23.0 Å². The zero-order valence-corrected chi connectivity index (χ0v) is 16.7. The maximum atomic E-state index is 12.7. The summed E-state index contributed by atoms with van der Waals surface area (Å²) in [7, 11) is 0. The standard InChI is InChI=1S/C22H23N3O6/c23-16(19(24)26)11-12-5-3-8-14-13(12)7-4-10-17(14)25(20(27)22(30)31)18-9-2-1-6-15(18)21(28)29/h1-2,4,6-7,9-10,12,16H,3,5,8,11,23H2,(H2,24,26)(H,28,29)(H,30,31).